The van der Waals surface area contributed by atoms with Crippen molar-refractivity contribution in [3.63, 3.8) is 0 Å². The summed E-state index contributed by atoms with van der Waals surface area (Å²) in [6.07, 6.45) is 18.2. The maximum Gasteiger partial charge on any atom is 0.225 e. The van der Waals surface area contributed by atoms with Crippen molar-refractivity contribution in [2.75, 3.05) is 45.9 Å². The van der Waals surface area contributed by atoms with Gasteiger partial charge in [0.25, 0.3) is 0 Å². The summed E-state index contributed by atoms with van der Waals surface area (Å²) in [5, 5.41) is 18.1. The number of halogens is 1. The Morgan fingerprint density at radius 3 is 2.29 bits per heavy atom. The monoisotopic (exact) mass is 1120 g/mol. The number of likely N-dealkylation sites (tertiary alicyclic amines) is 1. The molecule has 3 aliphatic carbocycles. The molecule has 15 nitrogen and oxygen atoms in total. The number of amides is 1. The largest absolute Gasteiger partial charge is 0.489 e. The number of carbonyl (C=O) groups excluding carboxylic acids is 1. The van der Waals surface area contributed by atoms with Crippen LogP contribution in [-0.4, -0.2) is 155 Å². The molecule has 17 heteroatoms. The first-order valence-corrected chi connectivity index (χ1v) is 32.1. The molecule has 12 atom stereocenters. The molecule has 10 unspecified atom stereocenters. The van der Waals surface area contributed by atoms with Crippen LogP contribution in [0.1, 0.15) is 156 Å². The number of nitrogens with one attached hydrogen (secondary N) is 4. The smallest absolute Gasteiger partial charge is 0.225 e. The van der Waals surface area contributed by atoms with Crippen LogP contribution in [0.2, 0.25) is 5.02 Å². The van der Waals surface area contributed by atoms with Crippen LogP contribution in [0.3, 0.4) is 0 Å². The van der Waals surface area contributed by atoms with E-state index in [0.717, 1.165) is 70.6 Å². The first-order valence-electron chi connectivity index (χ1n) is 30.8. The summed E-state index contributed by atoms with van der Waals surface area (Å²) < 4.78 is 26.9. The molecule has 4 N–H and O–H groups in total. The van der Waals surface area contributed by atoms with Gasteiger partial charge in [0.2, 0.25) is 5.91 Å². The lowest BCUT2D eigenvalue weighted by Gasteiger charge is -2.63. The maximum absolute atomic E-state index is 14.5. The van der Waals surface area contributed by atoms with Crippen LogP contribution in [0.15, 0.2) is 47.5 Å². The van der Waals surface area contributed by atoms with Gasteiger partial charge in [0, 0.05) is 97.5 Å². The minimum Gasteiger partial charge on any atom is -0.489 e. The molecule has 1 amide bonds. The van der Waals surface area contributed by atoms with Crippen molar-refractivity contribution in [2.45, 2.75) is 222 Å². The molecular formula is C62H91ClN10O5S. The van der Waals surface area contributed by atoms with E-state index in [2.05, 4.69) is 132 Å². The number of hydrazine groups is 1. The second-order valence-corrected chi connectivity index (χ2v) is 28.7. The SMILES string of the molecule is CC1SC2C(C(c3ccc(O[C@@H]4COC5(CCN(C6NCC(C(=O)NC7C(C)(C)C(Oc8ccc(C#N)c(Cl)c8)C7(C)C)CN6C6CCCCCC6)C5)C4)cc3)=N[C@@H](CC3OCCN3C3CCCCCC3)C3NNC(C)N23)C1C. The zero-order valence-corrected chi connectivity index (χ0v) is 49.8. The van der Waals surface area contributed by atoms with Crippen molar-refractivity contribution < 1.29 is 23.7 Å². The van der Waals surface area contributed by atoms with E-state index in [1.807, 2.05) is 6.07 Å². The molecule has 2 aromatic rings. The molecular weight excluding hydrogens is 1030 g/mol. The third-order valence-corrected chi connectivity index (χ3v) is 22.9. The number of aliphatic imine (C=N–C) groups is 1. The lowest BCUT2D eigenvalue weighted by Crippen LogP contribution is -2.75. The third-order valence-electron chi connectivity index (χ3n) is 20.9. The second kappa shape index (κ2) is 23.2. The van der Waals surface area contributed by atoms with Gasteiger partial charge in [-0.1, -0.05) is 105 Å². The minimum atomic E-state index is -0.333. The molecule has 1 spiro atoms. The van der Waals surface area contributed by atoms with Crippen LogP contribution >= 0.6 is 23.4 Å². The van der Waals surface area contributed by atoms with Gasteiger partial charge in [-0.15, -0.1) is 11.8 Å². The Balaban J connectivity index is 0.700. The molecule has 79 heavy (non-hydrogen) atoms. The predicted octanol–water partition coefficient (Wildman–Crippen LogP) is 9.09. The van der Waals surface area contributed by atoms with E-state index in [1.54, 1.807) is 12.1 Å². The van der Waals surface area contributed by atoms with Crippen LogP contribution in [0.25, 0.3) is 0 Å². The number of nitriles is 1. The van der Waals surface area contributed by atoms with E-state index < -0.39 is 0 Å². The second-order valence-electron chi connectivity index (χ2n) is 26.8. The zero-order chi connectivity index (χ0) is 54.8. The predicted molar refractivity (Wildman–Crippen MR) is 312 cm³/mol. The summed E-state index contributed by atoms with van der Waals surface area (Å²) in [6.45, 7) is 21.4. The molecule has 3 saturated carbocycles. The molecule has 0 radical (unpaired) electrons. The quantitative estimate of drug-likeness (QED) is 0.150. The van der Waals surface area contributed by atoms with Crippen LogP contribution in [0, 0.1) is 39.9 Å². The third kappa shape index (κ3) is 11.1. The van der Waals surface area contributed by atoms with Crippen molar-refractivity contribution in [3.05, 3.63) is 58.6 Å². The molecule has 12 rings (SSSR count). The Morgan fingerprint density at radius 2 is 1.59 bits per heavy atom. The Labute approximate surface area is 480 Å². The molecule has 6 saturated heterocycles. The van der Waals surface area contributed by atoms with Crippen molar-refractivity contribution in [2.24, 2.45) is 33.6 Å². The standard InChI is InChI=1S/C62H91ClN10O5S/c1-38-39(2)79-56-52(38)53(66-50(54-69-68-40(3)73(54)56)31-51-71(28-29-75-51)44-16-12-8-9-13-17-44)41-20-23-46(24-21-41)77-48-32-62(76-36-48)26-27-70(37-62)59-65-34-43(35-72(59)45-18-14-10-11-15-19-45)55(74)67-57-60(4,5)58(61(57,6)7)78-47-25-22-42(33-64)49(63)30-47/h20-25,30,38-40,43-45,48,50-52,54,56-59,65,68-69H,8-19,26-29,31-32,34-37H2,1-7H3,(H,67,74)/t38?,39?,40?,43?,48-,50-,51?,52?,54?,56?,57?,58?,59?,62?/m0/s1. The number of nitrogens with zero attached hydrogens (tertiary/aromatic N) is 6. The topological polar surface area (TPSA) is 151 Å². The highest BCUT2D eigenvalue weighted by Gasteiger charge is 2.64. The average Bonchev–Trinajstić information content (AvgIpc) is 4.17. The van der Waals surface area contributed by atoms with E-state index in [-0.39, 0.29) is 77.4 Å². The van der Waals surface area contributed by atoms with Crippen molar-refractivity contribution in [1.29, 1.82) is 5.26 Å². The Morgan fingerprint density at radius 1 is 0.899 bits per heavy atom. The Hall–Kier alpha value is -3.05. The molecule has 10 aliphatic rings. The van der Waals surface area contributed by atoms with E-state index in [1.165, 1.54) is 75.5 Å². The van der Waals surface area contributed by atoms with E-state index in [9.17, 15) is 10.1 Å². The van der Waals surface area contributed by atoms with E-state index >= 15 is 0 Å². The highest BCUT2D eigenvalue weighted by Crippen LogP contribution is 2.56. The van der Waals surface area contributed by atoms with Gasteiger partial charge in [-0.2, -0.15) is 5.26 Å². The van der Waals surface area contributed by atoms with E-state index in [4.69, 9.17) is 35.5 Å². The Kier molecular flexibility index (Phi) is 16.6. The summed E-state index contributed by atoms with van der Waals surface area (Å²) in [6, 6.07) is 17.3. The summed E-state index contributed by atoms with van der Waals surface area (Å²) in [7, 11) is 0. The summed E-state index contributed by atoms with van der Waals surface area (Å²) in [5.74, 6) is 2.21. The van der Waals surface area contributed by atoms with Gasteiger partial charge in [-0.3, -0.25) is 34.7 Å². The number of carbonyl (C=O) groups is 1. The van der Waals surface area contributed by atoms with E-state index in [0.29, 0.717) is 64.0 Å². The number of benzene rings is 2. The molecule has 2 aromatic carbocycles. The molecule has 9 fully saturated rings. The average molecular weight is 1120 g/mol. The van der Waals surface area contributed by atoms with Gasteiger partial charge in [0.1, 0.15) is 42.3 Å². The number of hydrogen-bond donors (Lipinski definition) is 4. The fraction of sp³-hybridized carbons (Fsp3) is 0.758. The Bertz CT molecular complexity index is 2540. The van der Waals surface area contributed by atoms with Gasteiger partial charge in [0.05, 0.1) is 59.1 Å². The first-order chi connectivity index (χ1) is 38.1. The molecule has 7 aliphatic heterocycles. The van der Waals surface area contributed by atoms with Gasteiger partial charge >= 0.3 is 0 Å². The van der Waals surface area contributed by atoms with Gasteiger partial charge in [0.15, 0.2) is 0 Å². The number of fused-ring (bicyclic) bond motifs is 3. The van der Waals surface area contributed by atoms with Gasteiger partial charge < -0.3 is 24.3 Å². The molecule has 7 heterocycles. The van der Waals surface area contributed by atoms with Crippen LogP contribution in [-0.2, 0) is 14.3 Å². The van der Waals surface area contributed by atoms with Crippen molar-refractivity contribution in [1.82, 2.24) is 41.1 Å². The summed E-state index contributed by atoms with van der Waals surface area (Å²) in [4.78, 5) is 31.1. The lowest BCUT2D eigenvalue weighted by molar-refractivity contribution is -0.175. The normalized spacial score (nSPS) is 38.5. The van der Waals surface area contributed by atoms with Crippen LogP contribution < -0.4 is 31.0 Å². The summed E-state index contributed by atoms with van der Waals surface area (Å²) >= 11 is 8.51. The number of hydrogen-bond acceptors (Lipinski definition) is 15. The van der Waals surface area contributed by atoms with Gasteiger partial charge in [-0.05, 0) is 86.9 Å². The fourth-order valence-electron chi connectivity index (χ4n) is 16.9. The highest BCUT2D eigenvalue weighted by atomic mass is 35.5. The number of thioether (sulfide) groups is 1. The van der Waals surface area contributed by atoms with Crippen LogP contribution in [0.5, 0.6) is 11.5 Å². The molecule has 0 aromatic heterocycles. The van der Waals surface area contributed by atoms with Crippen LogP contribution in [0.4, 0.5) is 0 Å². The highest BCUT2D eigenvalue weighted by molar-refractivity contribution is 8.00. The number of ether oxygens (including phenoxy) is 4. The maximum atomic E-state index is 14.5. The van der Waals surface area contributed by atoms with Crippen molar-refractivity contribution >= 4 is 35.0 Å². The van der Waals surface area contributed by atoms with Gasteiger partial charge in [-0.25, -0.2) is 10.9 Å². The minimum absolute atomic E-state index is 0.0331. The number of rotatable bonds is 12. The van der Waals surface area contributed by atoms with Crippen molar-refractivity contribution in [3.8, 4) is 17.6 Å². The molecule has 0 bridgehead atoms. The zero-order valence-electron chi connectivity index (χ0n) is 48.3. The summed E-state index contributed by atoms with van der Waals surface area (Å²) in [5.41, 5.74) is 9.30. The molecule has 432 valence electrons. The first kappa shape index (κ1) is 56.4. The fourth-order valence-corrected chi connectivity index (χ4v) is 18.9. The lowest BCUT2D eigenvalue weighted by atomic mass is 9.49.